The minimum atomic E-state index is -0.539. The molecular weight excluding hydrogens is 385 g/mol. The number of carbonyl (C=O) groups is 1. The van der Waals surface area contributed by atoms with Gasteiger partial charge in [0.2, 0.25) is 0 Å². The largest absolute Gasteiger partial charge is 0.508 e. The zero-order valence-corrected chi connectivity index (χ0v) is 18.2. The molecule has 30 heavy (non-hydrogen) atoms. The van der Waals surface area contributed by atoms with Crippen LogP contribution in [0, 0.1) is 5.82 Å². The lowest BCUT2D eigenvalue weighted by Crippen LogP contribution is -2.50. The molecule has 0 bridgehead atoms. The van der Waals surface area contributed by atoms with E-state index in [-0.39, 0.29) is 23.6 Å². The highest BCUT2D eigenvalue weighted by Crippen LogP contribution is 2.35. The monoisotopic (exact) mass is 415 g/mol. The van der Waals surface area contributed by atoms with Crippen LogP contribution in [0.4, 0.5) is 9.18 Å². The third-order valence-corrected chi connectivity index (χ3v) is 5.35. The highest BCUT2D eigenvalue weighted by molar-refractivity contribution is 5.68. The van der Waals surface area contributed by atoms with Gasteiger partial charge >= 0.3 is 6.09 Å². The standard InChI is InChI=1S/C24H30FNO4/c1-23(2,3)30-22(28)26-17-13-19(14-17)29-21-11-8-16(12-20(21)25)24(4,5)15-6-9-18(27)10-7-15/h6-12,17,19,27H,13-14H2,1-5H3,(H,26,28). The Morgan fingerprint density at radius 1 is 1.03 bits per heavy atom. The van der Waals surface area contributed by atoms with Crippen molar-refractivity contribution in [3.8, 4) is 11.5 Å². The van der Waals surface area contributed by atoms with Gasteiger partial charge in [0.25, 0.3) is 0 Å². The van der Waals surface area contributed by atoms with Gasteiger partial charge in [-0.1, -0.05) is 32.0 Å². The van der Waals surface area contributed by atoms with Gasteiger partial charge in [0.15, 0.2) is 11.6 Å². The molecule has 2 aromatic carbocycles. The molecule has 2 N–H and O–H groups in total. The zero-order valence-electron chi connectivity index (χ0n) is 18.2. The van der Waals surface area contributed by atoms with Crippen LogP contribution in [0.25, 0.3) is 0 Å². The molecular formula is C24H30FNO4. The van der Waals surface area contributed by atoms with Gasteiger partial charge in [-0.2, -0.15) is 0 Å². The molecule has 0 radical (unpaired) electrons. The number of hydrogen-bond acceptors (Lipinski definition) is 4. The topological polar surface area (TPSA) is 67.8 Å². The second-order valence-corrected chi connectivity index (χ2v) is 9.37. The smallest absolute Gasteiger partial charge is 0.407 e. The van der Waals surface area contributed by atoms with Crippen molar-refractivity contribution in [3.05, 3.63) is 59.4 Å². The summed E-state index contributed by atoms with van der Waals surface area (Å²) in [5, 5.41) is 12.3. The second kappa shape index (κ2) is 8.17. The van der Waals surface area contributed by atoms with Gasteiger partial charge < -0.3 is 19.9 Å². The molecule has 1 aliphatic rings. The van der Waals surface area contributed by atoms with Crippen molar-refractivity contribution < 1.29 is 23.8 Å². The quantitative estimate of drug-likeness (QED) is 0.696. The first-order valence-electron chi connectivity index (χ1n) is 10.2. The van der Waals surface area contributed by atoms with Gasteiger partial charge in [0, 0.05) is 24.3 Å². The Hall–Kier alpha value is -2.76. The summed E-state index contributed by atoms with van der Waals surface area (Å²) in [6.45, 7) is 9.46. The molecule has 162 valence electrons. The summed E-state index contributed by atoms with van der Waals surface area (Å²) in [6.07, 6.45) is 0.632. The summed E-state index contributed by atoms with van der Waals surface area (Å²) in [6, 6.07) is 11.9. The number of aromatic hydroxyl groups is 1. The number of ether oxygens (including phenoxy) is 2. The molecule has 0 aromatic heterocycles. The van der Waals surface area contributed by atoms with E-state index in [1.807, 2.05) is 52.8 Å². The highest BCUT2D eigenvalue weighted by atomic mass is 19.1. The number of phenols is 1. The first-order valence-corrected chi connectivity index (χ1v) is 10.2. The number of halogens is 1. The van der Waals surface area contributed by atoms with Crippen molar-refractivity contribution >= 4 is 6.09 Å². The molecule has 0 heterocycles. The number of rotatable bonds is 5. The summed E-state index contributed by atoms with van der Waals surface area (Å²) < 4.78 is 25.7. The van der Waals surface area contributed by atoms with Crippen LogP contribution in [-0.2, 0) is 10.2 Å². The number of carbonyl (C=O) groups excluding carboxylic acids is 1. The maximum Gasteiger partial charge on any atom is 0.407 e. The fourth-order valence-corrected chi connectivity index (χ4v) is 3.46. The Kier molecular flexibility index (Phi) is 5.97. The third-order valence-electron chi connectivity index (χ3n) is 5.35. The van der Waals surface area contributed by atoms with Gasteiger partial charge in [-0.3, -0.25) is 0 Å². The normalized spacial score (nSPS) is 19.0. The van der Waals surface area contributed by atoms with Gasteiger partial charge in [0.1, 0.15) is 17.5 Å². The summed E-state index contributed by atoms with van der Waals surface area (Å²) in [4.78, 5) is 11.8. The van der Waals surface area contributed by atoms with Gasteiger partial charge in [-0.05, 0) is 56.2 Å². The number of amides is 1. The van der Waals surface area contributed by atoms with Crippen LogP contribution < -0.4 is 10.1 Å². The van der Waals surface area contributed by atoms with Crippen molar-refractivity contribution in [1.82, 2.24) is 5.32 Å². The van der Waals surface area contributed by atoms with Crippen molar-refractivity contribution in [2.75, 3.05) is 0 Å². The predicted molar refractivity (Wildman–Crippen MR) is 113 cm³/mol. The van der Waals surface area contributed by atoms with Crippen molar-refractivity contribution in [2.45, 2.75) is 70.6 Å². The van der Waals surface area contributed by atoms with Crippen LogP contribution >= 0.6 is 0 Å². The second-order valence-electron chi connectivity index (χ2n) is 9.37. The minimum absolute atomic E-state index is 0.0272. The maximum absolute atomic E-state index is 14.7. The molecule has 0 aliphatic heterocycles. The number of nitrogens with one attached hydrogen (secondary N) is 1. The maximum atomic E-state index is 14.7. The Labute approximate surface area is 177 Å². The number of phenolic OH excluding ortho intramolecular Hbond substituents is 1. The predicted octanol–water partition coefficient (Wildman–Crippen LogP) is 5.29. The van der Waals surface area contributed by atoms with E-state index in [0.717, 1.165) is 11.1 Å². The SMILES string of the molecule is CC(C)(C)OC(=O)NC1CC(Oc2ccc(C(C)(C)c3ccc(O)cc3)cc2F)C1. The van der Waals surface area contributed by atoms with E-state index in [1.54, 1.807) is 18.2 Å². The van der Waals surface area contributed by atoms with Crippen LogP contribution in [-0.4, -0.2) is 28.9 Å². The van der Waals surface area contributed by atoms with E-state index in [0.29, 0.717) is 12.8 Å². The van der Waals surface area contributed by atoms with E-state index in [1.165, 1.54) is 6.07 Å². The molecule has 6 heteroatoms. The van der Waals surface area contributed by atoms with Gasteiger partial charge in [-0.15, -0.1) is 0 Å². The third kappa shape index (κ3) is 5.23. The van der Waals surface area contributed by atoms with Crippen molar-refractivity contribution in [1.29, 1.82) is 0 Å². The fraction of sp³-hybridized carbons (Fsp3) is 0.458. The van der Waals surface area contributed by atoms with E-state index >= 15 is 0 Å². The van der Waals surface area contributed by atoms with Crippen LogP contribution in [0.2, 0.25) is 0 Å². The Bertz CT molecular complexity index is 896. The minimum Gasteiger partial charge on any atom is -0.508 e. The summed E-state index contributed by atoms with van der Waals surface area (Å²) >= 11 is 0. The molecule has 1 amide bonds. The van der Waals surface area contributed by atoms with Crippen LogP contribution in [0.3, 0.4) is 0 Å². The lowest BCUT2D eigenvalue weighted by Gasteiger charge is -2.36. The summed E-state index contributed by atoms with van der Waals surface area (Å²) in [5.74, 6) is -0.00619. The molecule has 3 rings (SSSR count). The highest BCUT2D eigenvalue weighted by Gasteiger charge is 2.34. The first-order chi connectivity index (χ1) is 13.9. The van der Waals surface area contributed by atoms with E-state index in [2.05, 4.69) is 5.32 Å². The van der Waals surface area contributed by atoms with Crippen LogP contribution in [0.15, 0.2) is 42.5 Å². The lowest BCUT2D eigenvalue weighted by molar-refractivity contribution is 0.0355. The molecule has 1 fully saturated rings. The van der Waals surface area contributed by atoms with Gasteiger partial charge in [0.05, 0.1) is 0 Å². The number of benzene rings is 2. The average molecular weight is 416 g/mol. The molecule has 2 aromatic rings. The van der Waals surface area contributed by atoms with E-state index in [9.17, 15) is 14.3 Å². The Morgan fingerprint density at radius 3 is 2.20 bits per heavy atom. The lowest BCUT2D eigenvalue weighted by atomic mass is 9.78. The summed E-state index contributed by atoms with van der Waals surface area (Å²) in [5.41, 5.74) is 0.827. The molecule has 5 nitrogen and oxygen atoms in total. The molecule has 1 saturated carbocycles. The van der Waals surface area contributed by atoms with Crippen LogP contribution in [0.5, 0.6) is 11.5 Å². The Balaban J connectivity index is 1.58. The molecule has 0 saturated heterocycles. The fourth-order valence-electron chi connectivity index (χ4n) is 3.46. The number of alkyl carbamates (subject to hydrolysis) is 1. The van der Waals surface area contributed by atoms with Crippen LogP contribution in [0.1, 0.15) is 58.6 Å². The first kappa shape index (κ1) is 21.9. The van der Waals surface area contributed by atoms with Crippen molar-refractivity contribution in [2.24, 2.45) is 0 Å². The molecule has 0 spiro atoms. The summed E-state index contributed by atoms with van der Waals surface area (Å²) in [7, 11) is 0. The molecule has 0 unspecified atom stereocenters. The average Bonchev–Trinajstić information content (AvgIpc) is 2.60. The van der Waals surface area contributed by atoms with E-state index in [4.69, 9.17) is 9.47 Å². The molecule has 0 atom stereocenters. The van der Waals surface area contributed by atoms with Crippen molar-refractivity contribution in [3.63, 3.8) is 0 Å². The zero-order chi connectivity index (χ0) is 22.1. The van der Waals surface area contributed by atoms with E-state index < -0.39 is 22.9 Å². The molecule has 1 aliphatic carbocycles. The Morgan fingerprint density at radius 2 is 1.63 bits per heavy atom. The number of hydrogen-bond donors (Lipinski definition) is 2. The van der Waals surface area contributed by atoms with Gasteiger partial charge in [-0.25, -0.2) is 9.18 Å².